The van der Waals surface area contributed by atoms with Crippen LogP contribution in [0.1, 0.15) is 56.4 Å². The first-order valence-corrected chi connectivity index (χ1v) is 12.6. The van der Waals surface area contributed by atoms with Crippen LogP contribution in [0.15, 0.2) is 42.6 Å². The first-order valence-electron chi connectivity index (χ1n) is 12.6. The van der Waals surface area contributed by atoms with E-state index in [4.69, 9.17) is 5.73 Å². The fraction of sp³-hybridized carbons (Fsp3) is 0.393. The van der Waals surface area contributed by atoms with E-state index >= 15 is 0 Å². The summed E-state index contributed by atoms with van der Waals surface area (Å²) in [5.41, 5.74) is 12.1. The summed E-state index contributed by atoms with van der Waals surface area (Å²) in [6.07, 6.45) is 4.02. The number of aromatic nitrogens is 2. The number of hydrogen-bond acceptors (Lipinski definition) is 5. The first-order chi connectivity index (χ1) is 17.3. The summed E-state index contributed by atoms with van der Waals surface area (Å²) < 4.78 is 1.68. The normalized spacial score (nSPS) is 16.8. The number of nitrogens with two attached hydrogens (primary N) is 1. The van der Waals surface area contributed by atoms with Gasteiger partial charge in [0.15, 0.2) is 5.82 Å². The molecule has 8 nitrogen and oxygen atoms in total. The predicted molar refractivity (Wildman–Crippen MR) is 141 cm³/mol. The van der Waals surface area contributed by atoms with Crippen molar-refractivity contribution in [2.45, 2.75) is 32.2 Å². The molecule has 1 saturated heterocycles. The number of likely N-dealkylation sites (N-methyl/N-ethyl adjacent to an activating group) is 1. The number of primary amides is 1. The summed E-state index contributed by atoms with van der Waals surface area (Å²) in [6, 6.07) is 11.9. The summed E-state index contributed by atoms with van der Waals surface area (Å²) in [6.45, 7) is 7.28. The lowest BCUT2D eigenvalue weighted by Crippen LogP contribution is -2.44. The third-order valence-electron chi connectivity index (χ3n) is 7.40. The molecule has 2 amide bonds. The zero-order valence-electron chi connectivity index (χ0n) is 21.3. The summed E-state index contributed by atoms with van der Waals surface area (Å²) in [7, 11) is 3.93. The highest BCUT2D eigenvalue weighted by Gasteiger charge is 2.28. The molecule has 36 heavy (non-hydrogen) atoms. The maximum absolute atomic E-state index is 13.2. The number of anilines is 1. The molecule has 1 aliphatic carbocycles. The molecule has 0 atom stereocenters. The van der Waals surface area contributed by atoms with Gasteiger partial charge in [0.2, 0.25) is 0 Å². The molecule has 0 bridgehead atoms. The highest BCUT2D eigenvalue weighted by molar-refractivity contribution is 6.04. The third-order valence-corrected chi connectivity index (χ3v) is 7.40. The molecule has 5 rings (SSSR count). The van der Waals surface area contributed by atoms with Crippen LogP contribution in [0.25, 0.3) is 11.3 Å². The van der Waals surface area contributed by atoms with Gasteiger partial charge < -0.3 is 20.5 Å². The lowest BCUT2D eigenvalue weighted by molar-refractivity contribution is 0.0986. The number of carbonyl (C=O) groups excluding carboxylic acids is 2. The summed E-state index contributed by atoms with van der Waals surface area (Å²) in [5.74, 6) is 0.0627. The minimum atomic E-state index is -0.576. The number of rotatable bonds is 7. The van der Waals surface area contributed by atoms with Crippen LogP contribution < -0.4 is 11.1 Å². The van der Waals surface area contributed by atoms with E-state index in [0.29, 0.717) is 17.2 Å². The Kier molecular flexibility index (Phi) is 6.64. The Hall–Kier alpha value is -3.49. The summed E-state index contributed by atoms with van der Waals surface area (Å²) >= 11 is 0. The van der Waals surface area contributed by atoms with E-state index in [-0.39, 0.29) is 11.7 Å². The molecule has 0 spiro atoms. The minimum Gasteiger partial charge on any atom is -0.363 e. The van der Waals surface area contributed by atoms with Crippen LogP contribution in [-0.2, 0) is 13.6 Å². The van der Waals surface area contributed by atoms with Crippen LogP contribution in [0.5, 0.6) is 0 Å². The van der Waals surface area contributed by atoms with Crippen LogP contribution in [0, 0.1) is 6.92 Å². The number of imidazole rings is 1. The Morgan fingerprint density at radius 1 is 1.06 bits per heavy atom. The van der Waals surface area contributed by atoms with Gasteiger partial charge in [-0.25, -0.2) is 4.98 Å². The lowest BCUT2D eigenvalue weighted by Gasteiger charge is -2.32. The Bertz CT molecular complexity index is 1300. The second-order valence-electron chi connectivity index (χ2n) is 10.1. The fourth-order valence-corrected chi connectivity index (χ4v) is 4.97. The molecule has 2 fully saturated rings. The van der Waals surface area contributed by atoms with Gasteiger partial charge >= 0.3 is 0 Å². The number of nitrogens with zero attached hydrogens (tertiary/aromatic N) is 4. The molecule has 1 aliphatic heterocycles. The van der Waals surface area contributed by atoms with Crippen LogP contribution in [-0.4, -0.2) is 64.4 Å². The molecular weight excluding hydrogens is 452 g/mol. The van der Waals surface area contributed by atoms with E-state index in [1.807, 2.05) is 31.2 Å². The maximum Gasteiger partial charge on any atom is 0.284 e. The molecule has 3 aromatic rings. The maximum atomic E-state index is 13.2. The predicted octanol–water partition coefficient (Wildman–Crippen LogP) is 3.37. The van der Waals surface area contributed by atoms with E-state index in [1.165, 1.54) is 24.0 Å². The molecule has 2 aromatic carbocycles. The molecule has 3 N–H and O–H groups in total. The topological polar surface area (TPSA) is 96.5 Å². The van der Waals surface area contributed by atoms with Crippen molar-refractivity contribution in [2.75, 3.05) is 38.5 Å². The first kappa shape index (κ1) is 24.2. The van der Waals surface area contributed by atoms with E-state index in [9.17, 15) is 9.59 Å². The smallest absolute Gasteiger partial charge is 0.284 e. The Morgan fingerprint density at radius 3 is 2.47 bits per heavy atom. The largest absolute Gasteiger partial charge is 0.363 e. The van der Waals surface area contributed by atoms with E-state index in [0.717, 1.165) is 49.5 Å². The van der Waals surface area contributed by atoms with Crippen molar-refractivity contribution in [3.63, 3.8) is 0 Å². The highest BCUT2D eigenvalue weighted by atomic mass is 16.2. The number of amides is 2. The number of piperazine rings is 1. The molecule has 0 radical (unpaired) electrons. The number of aryl methyl sites for hydroxylation is 1. The zero-order chi connectivity index (χ0) is 25.4. The molecule has 1 saturated carbocycles. The number of carbonyl (C=O) groups is 2. The average Bonchev–Trinajstić information content (AvgIpc) is 3.63. The van der Waals surface area contributed by atoms with Gasteiger partial charge in [-0.3, -0.25) is 14.5 Å². The van der Waals surface area contributed by atoms with Gasteiger partial charge in [0.25, 0.3) is 11.8 Å². The monoisotopic (exact) mass is 486 g/mol. The second kappa shape index (κ2) is 9.87. The second-order valence-corrected chi connectivity index (χ2v) is 10.1. The zero-order valence-corrected chi connectivity index (χ0v) is 21.3. The summed E-state index contributed by atoms with van der Waals surface area (Å²) in [5, 5.41) is 3.06. The van der Waals surface area contributed by atoms with Crippen molar-refractivity contribution in [3.05, 3.63) is 70.7 Å². The van der Waals surface area contributed by atoms with Crippen LogP contribution in [0.4, 0.5) is 5.69 Å². The SMILES string of the molecule is Cc1ccc(NC(=O)c2ccc(CN3CCN(C)CC3)c(C3CC3)c2)cc1-c1cnc(C(N)=O)n1C. The summed E-state index contributed by atoms with van der Waals surface area (Å²) in [4.78, 5) is 33.9. The quantitative estimate of drug-likeness (QED) is 0.534. The average molecular weight is 487 g/mol. The van der Waals surface area contributed by atoms with E-state index in [2.05, 4.69) is 39.3 Å². The van der Waals surface area contributed by atoms with Crippen molar-refractivity contribution in [2.24, 2.45) is 12.8 Å². The molecule has 2 aliphatic rings. The fourth-order valence-electron chi connectivity index (χ4n) is 4.97. The van der Waals surface area contributed by atoms with Crippen molar-refractivity contribution < 1.29 is 9.59 Å². The molecular formula is C28H34N6O2. The van der Waals surface area contributed by atoms with Crippen molar-refractivity contribution in [1.82, 2.24) is 19.4 Å². The molecule has 188 valence electrons. The minimum absolute atomic E-state index is 0.124. The van der Waals surface area contributed by atoms with E-state index < -0.39 is 5.91 Å². The van der Waals surface area contributed by atoms with Gasteiger partial charge in [0.1, 0.15) is 0 Å². The van der Waals surface area contributed by atoms with Gasteiger partial charge in [-0.1, -0.05) is 12.1 Å². The van der Waals surface area contributed by atoms with Crippen LogP contribution >= 0.6 is 0 Å². The van der Waals surface area contributed by atoms with Gasteiger partial charge in [-0.15, -0.1) is 0 Å². The third kappa shape index (κ3) is 5.05. The van der Waals surface area contributed by atoms with Gasteiger partial charge in [0.05, 0.1) is 11.9 Å². The lowest BCUT2D eigenvalue weighted by atomic mass is 9.98. The van der Waals surface area contributed by atoms with Crippen molar-refractivity contribution in [1.29, 1.82) is 0 Å². The number of benzene rings is 2. The van der Waals surface area contributed by atoms with Gasteiger partial charge in [-0.05, 0) is 73.7 Å². The van der Waals surface area contributed by atoms with Crippen molar-refractivity contribution in [3.8, 4) is 11.3 Å². The number of nitrogens with one attached hydrogen (secondary N) is 1. The standard InChI is InChI=1S/C28H34N6O2/c1-18-4-9-22(15-23(18)25-16-30-27(26(29)35)33(25)3)31-28(36)20-7-8-21(24(14-20)19-5-6-19)17-34-12-10-32(2)11-13-34/h4,7-9,14-16,19H,5-6,10-13,17H2,1-3H3,(H2,29,35)(H,31,36). The number of hydrogen-bond donors (Lipinski definition) is 2. The highest BCUT2D eigenvalue weighted by Crippen LogP contribution is 2.42. The molecule has 0 unspecified atom stereocenters. The molecule has 1 aromatic heterocycles. The van der Waals surface area contributed by atoms with Gasteiger partial charge in [0, 0.05) is 56.6 Å². The van der Waals surface area contributed by atoms with Crippen molar-refractivity contribution >= 4 is 17.5 Å². The van der Waals surface area contributed by atoms with Crippen LogP contribution in [0.2, 0.25) is 0 Å². The molecule has 8 heteroatoms. The Labute approximate surface area is 212 Å². The Balaban J connectivity index is 1.35. The van der Waals surface area contributed by atoms with E-state index in [1.54, 1.807) is 17.8 Å². The van der Waals surface area contributed by atoms with Gasteiger partial charge in [-0.2, -0.15) is 0 Å². The molecule has 2 heterocycles. The Morgan fingerprint density at radius 2 is 1.81 bits per heavy atom. The van der Waals surface area contributed by atoms with Crippen LogP contribution in [0.3, 0.4) is 0 Å².